The number of carbonyl (C=O) groups is 1. The van der Waals surface area contributed by atoms with Crippen molar-refractivity contribution in [3.8, 4) is 0 Å². The molecule has 0 bridgehead atoms. The number of fused-ring (bicyclic) bond motifs is 1. The van der Waals surface area contributed by atoms with E-state index in [-0.39, 0.29) is 5.91 Å². The van der Waals surface area contributed by atoms with Crippen molar-refractivity contribution in [3.05, 3.63) is 45.9 Å². The summed E-state index contributed by atoms with van der Waals surface area (Å²) in [6.45, 7) is 2.04. The predicted octanol–water partition coefficient (Wildman–Crippen LogP) is 3.97. The Morgan fingerprint density at radius 2 is 2.05 bits per heavy atom. The highest BCUT2D eigenvalue weighted by molar-refractivity contribution is 9.10. The van der Waals surface area contributed by atoms with Crippen LogP contribution in [-0.2, 0) is 11.2 Å². The van der Waals surface area contributed by atoms with Crippen molar-refractivity contribution in [2.24, 2.45) is 0 Å². The summed E-state index contributed by atoms with van der Waals surface area (Å²) < 4.78 is 1.02. The molecule has 21 heavy (non-hydrogen) atoms. The Balaban J connectivity index is 1.96. The van der Waals surface area contributed by atoms with E-state index < -0.39 is 0 Å². The summed E-state index contributed by atoms with van der Waals surface area (Å²) in [6, 6.07) is 9.87. The van der Waals surface area contributed by atoms with Crippen LogP contribution in [0.5, 0.6) is 0 Å². The third kappa shape index (κ3) is 2.74. The van der Waals surface area contributed by atoms with E-state index in [4.69, 9.17) is 5.73 Å². The van der Waals surface area contributed by atoms with E-state index in [9.17, 15) is 4.79 Å². The van der Waals surface area contributed by atoms with E-state index in [1.165, 1.54) is 0 Å². The maximum atomic E-state index is 11.4. The highest BCUT2D eigenvalue weighted by Gasteiger charge is 2.17. The standard InChI is InChI=1S/C16H16BrN3O/c1-9-3-2-4-12(16(9)17)19-14-7-10-5-6-15(21)20-13(10)8-11(14)18/h2-4,7-8,19H,5-6,18H2,1H3,(H,20,21). The molecule has 0 radical (unpaired) electrons. The highest BCUT2D eigenvalue weighted by atomic mass is 79.9. The van der Waals surface area contributed by atoms with Crippen LogP contribution >= 0.6 is 15.9 Å². The lowest BCUT2D eigenvalue weighted by molar-refractivity contribution is -0.116. The zero-order chi connectivity index (χ0) is 15.0. The first-order chi connectivity index (χ1) is 10.0. The Kier molecular flexibility index (Phi) is 3.59. The summed E-state index contributed by atoms with van der Waals surface area (Å²) in [5, 5.41) is 6.21. The lowest BCUT2D eigenvalue weighted by atomic mass is 10.0. The minimum absolute atomic E-state index is 0.0454. The van der Waals surface area contributed by atoms with Gasteiger partial charge in [-0.3, -0.25) is 4.79 Å². The molecule has 2 aromatic carbocycles. The van der Waals surface area contributed by atoms with Gasteiger partial charge < -0.3 is 16.4 Å². The van der Waals surface area contributed by atoms with Gasteiger partial charge in [-0.2, -0.15) is 0 Å². The summed E-state index contributed by atoms with van der Waals surface area (Å²) in [6.07, 6.45) is 1.26. The second kappa shape index (κ2) is 5.41. The molecule has 5 heteroatoms. The molecule has 0 aromatic heterocycles. The molecule has 0 aliphatic carbocycles. The van der Waals surface area contributed by atoms with Crippen LogP contribution in [0.4, 0.5) is 22.7 Å². The van der Waals surface area contributed by atoms with Crippen LogP contribution in [0.25, 0.3) is 0 Å². The van der Waals surface area contributed by atoms with Crippen molar-refractivity contribution in [2.75, 3.05) is 16.4 Å². The second-order valence-corrected chi connectivity index (χ2v) is 6.00. The average Bonchev–Trinajstić information content (AvgIpc) is 2.45. The maximum Gasteiger partial charge on any atom is 0.224 e. The molecular weight excluding hydrogens is 330 g/mol. The van der Waals surface area contributed by atoms with Crippen LogP contribution in [0.1, 0.15) is 17.5 Å². The third-order valence-electron chi connectivity index (χ3n) is 3.63. The smallest absolute Gasteiger partial charge is 0.224 e. The van der Waals surface area contributed by atoms with Gasteiger partial charge in [0.25, 0.3) is 0 Å². The van der Waals surface area contributed by atoms with Crippen LogP contribution in [0.2, 0.25) is 0 Å². The minimum atomic E-state index is 0.0454. The topological polar surface area (TPSA) is 67.2 Å². The van der Waals surface area contributed by atoms with Gasteiger partial charge in [0.15, 0.2) is 0 Å². The van der Waals surface area contributed by atoms with Crippen molar-refractivity contribution in [1.82, 2.24) is 0 Å². The molecule has 4 nitrogen and oxygen atoms in total. The number of nitrogens with one attached hydrogen (secondary N) is 2. The predicted molar refractivity (Wildman–Crippen MR) is 90.0 cm³/mol. The highest BCUT2D eigenvalue weighted by Crippen LogP contribution is 2.35. The zero-order valence-corrected chi connectivity index (χ0v) is 13.3. The van der Waals surface area contributed by atoms with Crippen molar-refractivity contribution in [2.45, 2.75) is 19.8 Å². The first-order valence-electron chi connectivity index (χ1n) is 6.79. The van der Waals surface area contributed by atoms with Gasteiger partial charge in [0.05, 0.1) is 17.1 Å². The summed E-state index contributed by atoms with van der Waals surface area (Å²) in [4.78, 5) is 11.4. The number of carbonyl (C=O) groups excluding carboxylic acids is 1. The van der Waals surface area contributed by atoms with E-state index in [0.717, 1.165) is 39.1 Å². The van der Waals surface area contributed by atoms with Crippen LogP contribution < -0.4 is 16.4 Å². The number of rotatable bonds is 2. The van der Waals surface area contributed by atoms with Crippen LogP contribution in [0.15, 0.2) is 34.8 Å². The van der Waals surface area contributed by atoms with Gasteiger partial charge in [0.2, 0.25) is 5.91 Å². The Labute approximate surface area is 131 Å². The Hall–Kier alpha value is -2.01. The van der Waals surface area contributed by atoms with E-state index in [1.807, 2.05) is 37.3 Å². The molecule has 0 unspecified atom stereocenters. The van der Waals surface area contributed by atoms with E-state index in [1.54, 1.807) is 0 Å². The quantitative estimate of drug-likeness (QED) is 0.721. The Morgan fingerprint density at radius 1 is 1.24 bits per heavy atom. The first kappa shape index (κ1) is 13.9. The number of benzene rings is 2. The number of anilines is 4. The molecule has 1 aliphatic heterocycles. The first-order valence-corrected chi connectivity index (χ1v) is 7.58. The number of hydrogen-bond acceptors (Lipinski definition) is 3. The number of hydrogen-bond donors (Lipinski definition) is 3. The van der Waals surface area contributed by atoms with Crippen LogP contribution in [0.3, 0.4) is 0 Å². The summed E-state index contributed by atoms with van der Waals surface area (Å²) >= 11 is 3.58. The van der Waals surface area contributed by atoms with E-state index in [0.29, 0.717) is 12.1 Å². The molecule has 1 aliphatic rings. The second-order valence-electron chi connectivity index (χ2n) is 5.21. The molecule has 0 spiro atoms. The number of aryl methyl sites for hydroxylation is 2. The van der Waals surface area contributed by atoms with Crippen LogP contribution in [0, 0.1) is 6.92 Å². The molecule has 0 saturated carbocycles. The summed E-state index contributed by atoms with van der Waals surface area (Å²) in [5.74, 6) is 0.0454. The van der Waals surface area contributed by atoms with Gasteiger partial charge in [-0.15, -0.1) is 0 Å². The molecule has 2 aromatic rings. The lowest BCUT2D eigenvalue weighted by Crippen LogP contribution is -2.19. The molecule has 0 atom stereocenters. The monoisotopic (exact) mass is 345 g/mol. The fourth-order valence-corrected chi connectivity index (χ4v) is 2.81. The Morgan fingerprint density at radius 3 is 2.86 bits per heavy atom. The molecule has 0 fully saturated rings. The van der Waals surface area contributed by atoms with Crippen LogP contribution in [-0.4, -0.2) is 5.91 Å². The van der Waals surface area contributed by atoms with E-state index >= 15 is 0 Å². The van der Waals surface area contributed by atoms with Gasteiger partial charge in [-0.1, -0.05) is 12.1 Å². The van der Waals surface area contributed by atoms with Crippen molar-refractivity contribution < 1.29 is 4.79 Å². The van der Waals surface area contributed by atoms with Gasteiger partial charge in [0.1, 0.15) is 0 Å². The number of amides is 1. The average molecular weight is 346 g/mol. The number of halogens is 1. The fourth-order valence-electron chi connectivity index (χ4n) is 2.44. The third-order valence-corrected chi connectivity index (χ3v) is 4.68. The van der Waals surface area contributed by atoms with Gasteiger partial charge in [-0.05, 0) is 58.6 Å². The molecule has 1 amide bonds. The summed E-state index contributed by atoms with van der Waals surface area (Å²) in [5.41, 5.74) is 11.6. The minimum Gasteiger partial charge on any atom is -0.397 e. The van der Waals surface area contributed by atoms with Gasteiger partial charge in [-0.25, -0.2) is 0 Å². The lowest BCUT2D eigenvalue weighted by Gasteiger charge is -2.20. The number of nitrogens with two attached hydrogens (primary N) is 1. The molecule has 1 heterocycles. The SMILES string of the molecule is Cc1cccc(Nc2cc3c(cc2N)NC(=O)CC3)c1Br. The number of nitrogen functional groups attached to an aromatic ring is 1. The molecule has 108 valence electrons. The maximum absolute atomic E-state index is 11.4. The van der Waals surface area contributed by atoms with Crippen molar-refractivity contribution in [1.29, 1.82) is 0 Å². The zero-order valence-electron chi connectivity index (χ0n) is 11.7. The van der Waals surface area contributed by atoms with E-state index in [2.05, 4.69) is 26.6 Å². The van der Waals surface area contributed by atoms with Gasteiger partial charge >= 0.3 is 0 Å². The van der Waals surface area contributed by atoms with Crippen molar-refractivity contribution in [3.63, 3.8) is 0 Å². The molecule has 4 N–H and O–H groups in total. The molecule has 0 saturated heterocycles. The Bertz CT molecular complexity index is 728. The molecule has 3 rings (SSSR count). The fraction of sp³-hybridized carbons (Fsp3) is 0.188. The normalized spacial score (nSPS) is 13.5. The largest absolute Gasteiger partial charge is 0.397 e. The molecular formula is C16H16BrN3O. The van der Waals surface area contributed by atoms with Crippen molar-refractivity contribution >= 4 is 44.6 Å². The van der Waals surface area contributed by atoms with Gasteiger partial charge in [0, 0.05) is 16.6 Å². The summed E-state index contributed by atoms with van der Waals surface area (Å²) in [7, 11) is 0.